The van der Waals surface area contributed by atoms with Crippen molar-refractivity contribution in [3.8, 4) is 11.5 Å². The summed E-state index contributed by atoms with van der Waals surface area (Å²) in [6, 6.07) is 19.3. The maximum Gasteiger partial charge on any atom is 0.263 e. The second-order valence-corrected chi connectivity index (χ2v) is 12.9. The molecule has 3 N–H and O–H groups in total. The molecule has 0 saturated carbocycles. The molecular formula is C29H28ClN3O7S2. The molecule has 0 aromatic heterocycles. The number of aryl methyl sites for hydroxylation is 1. The predicted molar refractivity (Wildman–Crippen MR) is 163 cm³/mol. The van der Waals surface area contributed by atoms with Gasteiger partial charge >= 0.3 is 0 Å². The second kappa shape index (κ2) is 12.3. The summed E-state index contributed by atoms with van der Waals surface area (Å²) in [5.74, 6) is 0.118. The van der Waals surface area contributed by atoms with Crippen molar-refractivity contribution in [2.24, 2.45) is 0 Å². The monoisotopic (exact) mass is 629 g/mol. The van der Waals surface area contributed by atoms with Gasteiger partial charge in [0.15, 0.2) is 0 Å². The van der Waals surface area contributed by atoms with Gasteiger partial charge in [-0.3, -0.25) is 14.2 Å². The van der Waals surface area contributed by atoms with Gasteiger partial charge in [-0.1, -0.05) is 23.7 Å². The van der Waals surface area contributed by atoms with Gasteiger partial charge in [0.2, 0.25) is 0 Å². The number of rotatable bonds is 10. The number of hydrogen-bond donors (Lipinski definition) is 3. The number of anilines is 3. The molecular weight excluding hydrogens is 602 g/mol. The van der Waals surface area contributed by atoms with Crippen molar-refractivity contribution < 1.29 is 31.1 Å². The number of methoxy groups -OCH3 is 2. The molecule has 0 fully saturated rings. The highest BCUT2D eigenvalue weighted by Gasteiger charge is 2.22. The Bertz CT molecular complexity index is 1860. The lowest BCUT2D eigenvalue weighted by atomic mass is 10.1. The Morgan fingerprint density at radius 2 is 1.45 bits per heavy atom. The van der Waals surface area contributed by atoms with Crippen molar-refractivity contribution in [2.75, 3.05) is 29.0 Å². The van der Waals surface area contributed by atoms with Crippen LogP contribution < -0.4 is 24.2 Å². The van der Waals surface area contributed by atoms with Gasteiger partial charge in [0.25, 0.3) is 26.0 Å². The minimum atomic E-state index is -4.12. The Morgan fingerprint density at radius 3 is 2.12 bits per heavy atom. The Balaban J connectivity index is 1.52. The average molecular weight is 630 g/mol. The molecule has 0 aliphatic carbocycles. The van der Waals surface area contributed by atoms with Crippen LogP contribution in [0, 0.1) is 13.8 Å². The van der Waals surface area contributed by atoms with E-state index < -0.39 is 26.0 Å². The van der Waals surface area contributed by atoms with Crippen molar-refractivity contribution in [2.45, 2.75) is 23.6 Å². The van der Waals surface area contributed by atoms with Crippen molar-refractivity contribution in [1.29, 1.82) is 0 Å². The molecule has 0 spiro atoms. The molecule has 220 valence electrons. The van der Waals surface area contributed by atoms with E-state index >= 15 is 0 Å². The van der Waals surface area contributed by atoms with Gasteiger partial charge in [0.1, 0.15) is 16.4 Å². The predicted octanol–water partition coefficient (Wildman–Crippen LogP) is 5.83. The number of amides is 1. The number of carbonyl (C=O) groups is 1. The van der Waals surface area contributed by atoms with E-state index in [0.29, 0.717) is 17.2 Å². The van der Waals surface area contributed by atoms with E-state index in [-0.39, 0.29) is 31.8 Å². The Kier molecular flexibility index (Phi) is 9.00. The van der Waals surface area contributed by atoms with Crippen LogP contribution in [0.4, 0.5) is 17.1 Å². The van der Waals surface area contributed by atoms with Gasteiger partial charge in [-0.2, -0.15) is 0 Å². The number of nitrogens with one attached hydrogen (secondary N) is 3. The first-order valence-corrected chi connectivity index (χ1v) is 15.7. The van der Waals surface area contributed by atoms with Gasteiger partial charge in [-0.05, 0) is 85.6 Å². The van der Waals surface area contributed by atoms with E-state index in [9.17, 15) is 21.6 Å². The Labute approximate surface area is 249 Å². The van der Waals surface area contributed by atoms with E-state index in [2.05, 4.69) is 14.8 Å². The molecule has 4 aromatic carbocycles. The fraction of sp³-hybridized carbons (Fsp3) is 0.138. The average Bonchev–Trinajstić information content (AvgIpc) is 2.95. The smallest absolute Gasteiger partial charge is 0.263 e. The highest BCUT2D eigenvalue weighted by Crippen LogP contribution is 2.31. The lowest BCUT2D eigenvalue weighted by molar-refractivity contribution is 0.102. The molecule has 1 amide bonds. The van der Waals surface area contributed by atoms with Gasteiger partial charge in [0, 0.05) is 17.3 Å². The third kappa shape index (κ3) is 6.78. The van der Waals surface area contributed by atoms with Crippen LogP contribution in [0.1, 0.15) is 21.5 Å². The topological polar surface area (TPSA) is 140 Å². The molecule has 0 aliphatic heterocycles. The highest BCUT2D eigenvalue weighted by atomic mass is 35.5. The molecule has 0 unspecified atom stereocenters. The minimum Gasteiger partial charge on any atom is -0.497 e. The van der Waals surface area contributed by atoms with E-state index in [1.165, 1.54) is 62.8 Å². The number of hydrogen-bond acceptors (Lipinski definition) is 7. The van der Waals surface area contributed by atoms with Crippen LogP contribution in [0.25, 0.3) is 0 Å². The maximum atomic E-state index is 13.2. The van der Waals surface area contributed by atoms with E-state index in [1.807, 2.05) is 13.0 Å². The highest BCUT2D eigenvalue weighted by molar-refractivity contribution is 7.93. The van der Waals surface area contributed by atoms with Crippen LogP contribution >= 0.6 is 11.6 Å². The van der Waals surface area contributed by atoms with Gasteiger partial charge < -0.3 is 14.8 Å². The molecule has 4 rings (SSSR count). The van der Waals surface area contributed by atoms with E-state index in [4.69, 9.17) is 21.1 Å². The standard InChI is InChI=1S/C29H28ClN3O7S2/c1-18-6-5-7-25(19(18)2)32-42(37,38)28-16-20(8-14-24(28)30)29(34)31-21-9-12-23(13-10-21)41(35,36)33-26-17-22(39-3)11-15-27(26)40-4/h5-17,32-33H,1-4H3,(H,31,34). The van der Waals surface area contributed by atoms with Gasteiger partial charge in [-0.15, -0.1) is 0 Å². The maximum absolute atomic E-state index is 13.2. The van der Waals surface area contributed by atoms with Crippen molar-refractivity contribution in [3.63, 3.8) is 0 Å². The summed E-state index contributed by atoms with van der Waals surface area (Å²) in [5.41, 5.74) is 2.57. The molecule has 0 atom stereocenters. The summed E-state index contributed by atoms with van der Waals surface area (Å²) in [6.07, 6.45) is 0. The first-order valence-electron chi connectivity index (χ1n) is 12.4. The zero-order chi connectivity index (χ0) is 30.7. The molecule has 0 aliphatic rings. The number of carbonyl (C=O) groups excluding carboxylic acids is 1. The lowest BCUT2D eigenvalue weighted by Crippen LogP contribution is -2.17. The first kappa shape index (κ1) is 30.7. The summed E-state index contributed by atoms with van der Waals surface area (Å²) in [7, 11) is -5.26. The summed E-state index contributed by atoms with van der Waals surface area (Å²) in [6.45, 7) is 3.66. The second-order valence-electron chi connectivity index (χ2n) is 9.15. The number of benzene rings is 4. The van der Waals surface area contributed by atoms with Crippen LogP contribution in [0.5, 0.6) is 11.5 Å². The fourth-order valence-corrected chi connectivity index (χ4v) is 6.64. The summed E-state index contributed by atoms with van der Waals surface area (Å²) >= 11 is 6.21. The van der Waals surface area contributed by atoms with Crippen LogP contribution in [0.2, 0.25) is 5.02 Å². The van der Waals surface area contributed by atoms with Crippen LogP contribution in [-0.4, -0.2) is 37.0 Å². The van der Waals surface area contributed by atoms with Crippen molar-refractivity contribution >= 4 is 54.6 Å². The summed E-state index contributed by atoms with van der Waals surface area (Å²) < 4.78 is 67.7. The van der Waals surface area contributed by atoms with Gasteiger partial charge in [-0.25, -0.2) is 16.8 Å². The molecule has 0 heterocycles. The van der Waals surface area contributed by atoms with E-state index in [0.717, 1.165) is 11.1 Å². The number of halogens is 1. The SMILES string of the molecule is COc1ccc(OC)c(NS(=O)(=O)c2ccc(NC(=O)c3ccc(Cl)c(S(=O)(=O)Nc4cccc(C)c4C)c3)cc2)c1. The van der Waals surface area contributed by atoms with Crippen LogP contribution in [-0.2, 0) is 20.0 Å². The fourth-order valence-electron chi connectivity index (χ4n) is 3.93. The number of ether oxygens (including phenoxy) is 2. The zero-order valence-electron chi connectivity index (χ0n) is 23.1. The largest absolute Gasteiger partial charge is 0.497 e. The van der Waals surface area contributed by atoms with Crippen LogP contribution in [0.3, 0.4) is 0 Å². The summed E-state index contributed by atoms with van der Waals surface area (Å²) in [5, 5.41) is 2.58. The van der Waals surface area contributed by atoms with Crippen LogP contribution in [0.15, 0.2) is 88.7 Å². The molecule has 0 saturated heterocycles. The molecule has 10 nitrogen and oxygen atoms in total. The van der Waals surface area contributed by atoms with Crippen molar-refractivity contribution in [1.82, 2.24) is 0 Å². The summed E-state index contributed by atoms with van der Waals surface area (Å²) in [4.78, 5) is 12.7. The normalized spacial score (nSPS) is 11.5. The third-order valence-electron chi connectivity index (χ3n) is 6.41. The van der Waals surface area contributed by atoms with Crippen molar-refractivity contribution in [3.05, 3.63) is 101 Å². The number of sulfonamides is 2. The third-order valence-corrected chi connectivity index (χ3v) is 9.63. The zero-order valence-corrected chi connectivity index (χ0v) is 25.4. The first-order chi connectivity index (χ1) is 19.8. The van der Waals surface area contributed by atoms with Gasteiger partial charge in [0.05, 0.1) is 35.5 Å². The quantitative estimate of drug-likeness (QED) is 0.201. The lowest BCUT2D eigenvalue weighted by Gasteiger charge is -2.14. The molecule has 0 radical (unpaired) electrons. The van der Waals surface area contributed by atoms with E-state index in [1.54, 1.807) is 31.2 Å². The molecule has 0 bridgehead atoms. The minimum absolute atomic E-state index is 0.0317. The Morgan fingerprint density at radius 1 is 0.762 bits per heavy atom. The molecule has 4 aromatic rings. The molecule has 42 heavy (non-hydrogen) atoms. The Hall–Kier alpha value is -4.26. The molecule has 13 heteroatoms.